The van der Waals surface area contributed by atoms with Crippen molar-refractivity contribution in [3.63, 3.8) is 0 Å². The molecule has 3 heterocycles. The molecule has 0 saturated carbocycles. The van der Waals surface area contributed by atoms with E-state index in [1.165, 1.54) is 11.4 Å². The van der Waals surface area contributed by atoms with Crippen molar-refractivity contribution in [2.24, 2.45) is 0 Å². The number of anilines is 4. The molecular weight excluding hydrogens is 895 g/mol. The Balaban J connectivity index is 0.000000225. The fourth-order valence-electron chi connectivity index (χ4n) is 9.13. The standard InChI is InChI=1S/C29H42BN3O4.C23H30BrN3O2/c1-8-26(21(2)34)31(7)27(35)22-9-13-24(14-10-22)32-17-19-33(20-18-32)25-15-11-23(12-16-25)30-36-28(3,4)29(5,6)37-30;1-4-22(17(2)28)25(3)23(29)18-5-9-20(10-6-18)26-13-15-27(16-14-26)21-11-7-19(24)8-12-21/h9-16,21,26,34H,8,17-20H2,1-7H3;5-12,17,22,28H,4,13-16H2,1-3H3/t21-,26-;17-,22-/m00/s1. The number of nitrogens with zero attached hydrogens (tertiary/aromatic N) is 6. The molecule has 356 valence electrons. The summed E-state index contributed by atoms with van der Waals surface area (Å²) < 4.78 is 13.5. The van der Waals surface area contributed by atoms with E-state index in [1.54, 1.807) is 37.7 Å². The molecule has 3 aliphatic rings. The average molecular weight is 968 g/mol. The first kappa shape index (κ1) is 50.8. The van der Waals surface area contributed by atoms with Crippen LogP contribution in [0, 0.1) is 0 Å². The van der Waals surface area contributed by atoms with Gasteiger partial charge < -0.3 is 48.9 Å². The van der Waals surface area contributed by atoms with Gasteiger partial charge in [0.25, 0.3) is 11.8 Å². The Kier molecular flexibility index (Phi) is 16.9. The molecule has 4 aromatic rings. The Bertz CT molecular complexity index is 2160. The number of likely N-dealkylation sites (N-methyl/N-ethyl adjacent to an activating group) is 2. The Morgan fingerprint density at radius 2 is 0.833 bits per heavy atom. The predicted octanol–water partition coefficient (Wildman–Crippen LogP) is 7.55. The zero-order valence-electron chi connectivity index (χ0n) is 40.8. The third-order valence-electron chi connectivity index (χ3n) is 14.1. The molecule has 66 heavy (non-hydrogen) atoms. The Hall–Kier alpha value is -4.60. The van der Waals surface area contributed by atoms with Crippen LogP contribution >= 0.6 is 15.9 Å². The smallest absolute Gasteiger partial charge is 0.399 e. The predicted molar refractivity (Wildman–Crippen MR) is 274 cm³/mol. The lowest BCUT2D eigenvalue weighted by Crippen LogP contribution is -2.46. The van der Waals surface area contributed by atoms with Crippen molar-refractivity contribution in [2.75, 3.05) is 86.1 Å². The van der Waals surface area contributed by atoms with Crippen LogP contribution < -0.4 is 25.1 Å². The monoisotopic (exact) mass is 966 g/mol. The number of hydrogen-bond donors (Lipinski definition) is 2. The molecule has 12 nitrogen and oxygen atoms in total. The van der Waals surface area contributed by atoms with Gasteiger partial charge in [-0.25, -0.2) is 0 Å². The number of benzene rings is 4. The number of carbonyl (C=O) groups excluding carboxylic acids is 2. The summed E-state index contributed by atoms with van der Waals surface area (Å²) in [6.07, 6.45) is 0.328. The topological polar surface area (TPSA) is 112 Å². The van der Waals surface area contributed by atoms with Crippen molar-refractivity contribution in [3.8, 4) is 0 Å². The first-order valence-corrected chi connectivity index (χ1v) is 24.4. The molecule has 3 aliphatic heterocycles. The summed E-state index contributed by atoms with van der Waals surface area (Å²) in [5, 5.41) is 19.9. The maximum atomic E-state index is 12.9. The Morgan fingerprint density at radius 1 is 0.561 bits per heavy atom. The molecular formula is C52H72BBrN6O6. The normalized spacial score (nSPS) is 18.8. The second kappa shape index (κ2) is 22.0. The lowest BCUT2D eigenvalue weighted by molar-refractivity contribution is 0.00578. The van der Waals surface area contributed by atoms with Crippen molar-refractivity contribution >= 4 is 63.1 Å². The number of halogens is 1. The van der Waals surface area contributed by atoms with E-state index in [0.29, 0.717) is 17.5 Å². The molecule has 0 unspecified atom stereocenters. The molecule has 4 atom stereocenters. The minimum atomic E-state index is -0.561. The quantitative estimate of drug-likeness (QED) is 0.130. The number of rotatable bonds is 13. The Labute approximate surface area is 402 Å². The summed E-state index contributed by atoms with van der Waals surface area (Å²) in [6.45, 7) is 23.2. The first-order valence-electron chi connectivity index (χ1n) is 23.7. The zero-order chi connectivity index (χ0) is 47.9. The fraction of sp³-hybridized carbons (Fsp3) is 0.500. The molecule has 2 N–H and O–H groups in total. The lowest BCUT2D eigenvalue weighted by Gasteiger charge is -2.37. The van der Waals surface area contributed by atoms with Gasteiger partial charge in [0.05, 0.1) is 35.5 Å². The molecule has 7 rings (SSSR count). The molecule has 3 fully saturated rings. The van der Waals surface area contributed by atoms with Crippen molar-refractivity contribution in [3.05, 3.63) is 113 Å². The van der Waals surface area contributed by atoms with Crippen LogP contribution in [-0.2, 0) is 9.31 Å². The number of hydrogen-bond acceptors (Lipinski definition) is 10. The van der Waals surface area contributed by atoms with E-state index in [2.05, 4.69) is 112 Å². The van der Waals surface area contributed by atoms with Crippen LogP contribution in [0.2, 0.25) is 0 Å². The second-order valence-corrected chi connectivity index (χ2v) is 19.9. The van der Waals surface area contributed by atoms with Gasteiger partial charge >= 0.3 is 7.12 Å². The van der Waals surface area contributed by atoms with Crippen LogP contribution in [0.25, 0.3) is 0 Å². The molecule has 14 heteroatoms. The maximum Gasteiger partial charge on any atom is 0.494 e. The van der Waals surface area contributed by atoms with E-state index >= 15 is 0 Å². The van der Waals surface area contributed by atoms with Gasteiger partial charge in [0.1, 0.15) is 0 Å². The van der Waals surface area contributed by atoms with Gasteiger partial charge in [-0.05, 0) is 145 Å². The third kappa shape index (κ3) is 11.9. The lowest BCUT2D eigenvalue weighted by atomic mass is 9.79. The largest absolute Gasteiger partial charge is 0.494 e. The molecule has 2 amide bonds. The molecule has 0 aromatic heterocycles. The van der Waals surface area contributed by atoms with E-state index in [9.17, 15) is 19.8 Å². The Morgan fingerprint density at radius 3 is 1.11 bits per heavy atom. The van der Waals surface area contributed by atoms with Gasteiger partial charge in [0.15, 0.2) is 0 Å². The number of amides is 2. The number of piperazine rings is 2. The molecule has 0 spiro atoms. The van der Waals surface area contributed by atoms with Gasteiger partial charge in [-0.1, -0.05) is 41.9 Å². The molecule has 0 radical (unpaired) electrons. The van der Waals surface area contributed by atoms with Gasteiger partial charge in [-0.3, -0.25) is 9.59 Å². The summed E-state index contributed by atoms with van der Waals surface area (Å²) in [4.78, 5) is 38.5. The fourth-order valence-corrected chi connectivity index (χ4v) is 9.40. The highest BCUT2D eigenvalue weighted by Gasteiger charge is 2.51. The second-order valence-electron chi connectivity index (χ2n) is 19.0. The molecule has 3 saturated heterocycles. The van der Waals surface area contributed by atoms with E-state index in [-0.39, 0.29) is 42.2 Å². The minimum Gasteiger partial charge on any atom is -0.399 e. The highest BCUT2D eigenvalue weighted by molar-refractivity contribution is 9.10. The summed E-state index contributed by atoms with van der Waals surface area (Å²) in [5.41, 5.74) is 6.37. The average Bonchev–Trinajstić information content (AvgIpc) is 3.54. The van der Waals surface area contributed by atoms with Gasteiger partial charge in [0.2, 0.25) is 0 Å². The van der Waals surface area contributed by atoms with Crippen LogP contribution in [0.15, 0.2) is 102 Å². The SMILES string of the molecule is CC[C@@H]([C@H](C)O)N(C)C(=O)c1ccc(N2CCN(c3ccc(B4OC(C)(C)C(C)(C)O4)cc3)CC2)cc1.CC[C@@H]([C@H](C)O)N(C)C(=O)c1ccc(N2CCN(c3ccc(Br)cc3)CC2)cc1. The van der Waals surface area contributed by atoms with E-state index in [4.69, 9.17) is 9.31 Å². The molecule has 0 aliphatic carbocycles. The first-order chi connectivity index (χ1) is 31.3. The number of carbonyl (C=O) groups is 2. The minimum absolute atomic E-state index is 0.0515. The van der Waals surface area contributed by atoms with Gasteiger partial charge in [0, 0.05) is 105 Å². The van der Waals surface area contributed by atoms with Gasteiger partial charge in [-0.15, -0.1) is 0 Å². The zero-order valence-corrected chi connectivity index (χ0v) is 42.4. The number of aliphatic hydroxyl groups is 2. The van der Waals surface area contributed by atoms with Crippen molar-refractivity contribution in [1.29, 1.82) is 0 Å². The van der Waals surface area contributed by atoms with Crippen LogP contribution in [0.5, 0.6) is 0 Å². The van der Waals surface area contributed by atoms with Crippen LogP contribution in [0.4, 0.5) is 22.7 Å². The summed E-state index contributed by atoms with van der Waals surface area (Å²) >= 11 is 3.49. The van der Waals surface area contributed by atoms with Gasteiger partial charge in [-0.2, -0.15) is 0 Å². The van der Waals surface area contributed by atoms with E-state index in [0.717, 1.165) is 80.1 Å². The van der Waals surface area contributed by atoms with Crippen molar-refractivity contribution < 1.29 is 29.1 Å². The van der Waals surface area contributed by atoms with Crippen LogP contribution in [-0.4, -0.2) is 141 Å². The summed E-state index contributed by atoms with van der Waals surface area (Å²) in [7, 11) is 3.18. The van der Waals surface area contributed by atoms with Crippen molar-refractivity contribution in [2.45, 2.75) is 104 Å². The number of aliphatic hydroxyl groups excluding tert-OH is 2. The maximum absolute atomic E-state index is 12.9. The molecule has 4 aromatic carbocycles. The third-order valence-corrected chi connectivity index (χ3v) is 14.6. The summed E-state index contributed by atoms with van der Waals surface area (Å²) in [6, 6.07) is 32.3. The summed E-state index contributed by atoms with van der Waals surface area (Å²) in [5.74, 6) is -0.113. The van der Waals surface area contributed by atoms with Crippen LogP contribution in [0.3, 0.4) is 0 Å². The highest BCUT2D eigenvalue weighted by atomic mass is 79.9. The molecule has 0 bridgehead atoms. The van der Waals surface area contributed by atoms with E-state index in [1.807, 2.05) is 62.4 Å². The van der Waals surface area contributed by atoms with E-state index < -0.39 is 12.2 Å². The van der Waals surface area contributed by atoms with Crippen molar-refractivity contribution in [1.82, 2.24) is 9.80 Å². The van der Waals surface area contributed by atoms with Crippen LogP contribution in [0.1, 0.15) is 88.9 Å². The highest BCUT2D eigenvalue weighted by Crippen LogP contribution is 2.36.